The van der Waals surface area contributed by atoms with Crippen LogP contribution in [-0.4, -0.2) is 95.9 Å². The molecular formula is C35H42N2O6. The molecule has 2 aromatic rings. The predicted octanol–water partition coefficient (Wildman–Crippen LogP) is 2.92. The summed E-state index contributed by atoms with van der Waals surface area (Å²) in [5.41, 5.74) is 5.07. The van der Waals surface area contributed by atoms with E-state index >= 15 is 0 Å². The van der Waals surface area contributed by atoms with Gasteiger partial charge in [0.1, 0.15) is 18.3 Å². The molecule has 4 heterocycles. The summed E-state index contributed by atoms with van der Waals surface area (Å²) in [5, 5.41) is 31.3. The van der Waals surface area contributed by atoms with Crippen molar-refractivity contribution in [2.45, 2.75) is 85.9 Å². The van der Waals surface area contributed by atoms with E-state index in [2.05, 4.69) is 42.1 Å². The summed E-state index contributed by atoms with van der Waals surface area (Å²) < 4.78 is 18.0. The second kappa shape index (κ2) is 8.90. The van der Waals surface area contributed by atoms with Gasteiger partial charge in [0.15, 0.2) is 23.0 Å². The first-order valence-corrected chi connectivity index (χ1v) is 16.1. The van der Waals surface area contributed by atoms with Gasteiger partial charge in [-0.3, -0.25) is 0 Å². The van der Waals surface area contributed by atoms with Crippen LogP contribution in [0, 0.1) is 11.8 Å². The number of piperidine rings is 2. The van der Waals surface area contributed by atoms with Gasteiger partial charge in [-0.15, -0.1) is 0 Å². The zero-order valence-corrected chi connectivity index (χ0v) is 25.2. The number of nitrogens with zero attached hydrogens (tertiary/aromatic N) is 2. The molecule has 2 saturated heterocycles. The van der Waals surface area contributed by atoms with Gasteiger partial charge in [-0.25, -0.2) is 0 Å². The van der Waals surface area contributed by atoms with E-state index in [4.69, 9.17) is 14.2 Å². The summed E-state index contributed by atoms with van der Waals surface area (Å²) in [4.78, 5) is 4.96. The molecule has 4 aliphatic heterocycles. The quantitative estimate of drug-likeness (QED) is 0.440. The third-order valence-electron chi connectivity index (χ3n) is 12.9. The van der Waals surface area contributed by atoms with Crippen LogP contribution in [0.2, 0.25) is 0 Å². The Labute approximate surface area is 252 Å². The lowest BCUT2D eigenvalue weighted by Crippen LogP contribution is -2.66. The number of aromatic hydroxyl groups is 1. The van der Waals surface area contributed by atoms with E-state index in [0.29, 0.717) is 29.7 Å². The number of phenols is 1. The van der Waals surface area contributed by atoms with Crippen LogP contribution in [0.5, 0.6) is 23.0 Å². The molecule has 2 spiro atoms. The fourth-order valence-corrected chi connectivity index (χ4v) is 11.1. The Kier molecular flexibility index (Phi) is 5.51. The monoisotopic (exact) mass is 586 g/mol. The number of rotatable bonds is 1. The Morgan fingerprint density at radius 1 is 0.814 bits per heavy atom. The minimum absolute atomic E-state index is 0.0729. The Morgan fingerprint density at radius 3 is 2.28 bits per heavy atom. The SMILES string of the molecule is CN1CC[C@]23c4c5ccc(O)c4O[C@H]2[C@@H](O)CC[C@H]3[C@H]1C5.COc1ccc2c3c1O[C@H]1[C@@H](O)C=C[C@H]4[C@@H](C2)N(C)CC[C@@]341. The number of aliphatic hydroxyl groups is 2. The van der Waals surface area contributed by atoms with Crippen LogP contribution in [-0.2, 0) is 23.7 Å². The largest absolute Gasteiger partial charge is 0.504 e. The fourth-order valence-electron chi connectivity index (χ4n) is 11.1. The van der Waals surface area contributed by atoms with E-state index in [1.54, 1.807) is 13.2 Å². The van der Waals surface area contributed by atoms with Gasteiger partial charge in [0.2, 0.25) is 0 Å². The van der Waals surface area contributed by atoms with Crippen molar-refractivity contribution in [1.82, 2.24) is 9.80 Å². The Hall–Kier alpha value is -2.78. The molecule has 3 N–H and O–H groups in total. The van der Waals surface area contributed by atoms with Crippen molar-refractivity contribution >= 4 is 0 Å². The highest BCUT2D eigenvalue weighted by Crippen LogP contribution is 2.64. The van der Waals surface area contributed by atoms with E-state index in [9.17, 15) is 15.3 Å². The molecule has 0 amide bonds. The number of ether oxygens (including phenoxy) is 3. The maximum absolute atomic E-state index is 10.6. The lowest BCUT2D eigenvalue weighted by molar-refractivity contribution is -0.0993. The predicted molar refractivity (Wildman–Crippen MR) is 160 cm³/mol. The van der Waals surface area contributed by atoms with E-state index < -0.39 is 12.2 Å². The Bertz CT molecular complexity index is 1540. The van der Waals surface area contributed by atoms with Crippen LogP contribution < -0.4 is 14.2 Å². The van der Waals surface area contributed by atoms with Crippen molar-refractivity contribution < 1.29 is 29.5 Å². The fraction of sp³-hybridized carbons (Fsp3) is 0.600. The Morgan fingerprint density at radius 2 is 1.49 bits per heavy atom. The van der Waals surface area contributed by atoms with E-state index in [1.165, 1.54) is 22.3 Å². The third-order valence-corrected chi connectivity index (χ3v) is 12.9. The summed E-state index contributed by atoms with van der Waals surface area (Å²) in [7, 11) is 6.13. The lowest BCUT2D eigenvalue weighted by atomic mass is 9.51. The summed E-state index contributed by atoms with van der Waals surface area (Å²) in [6.45, 7) is 2.10. The minimum Gasteiger partial charge on any atom is -0.504 e. The molecule has 4 bridgehead atoms. The minimum atomic E-state index is -0.539. The highest BCUT2D eigenvalue weighted by Gasteiger charge is 2.66. The molecule has 0 radical (unpaired) electrons. The average Bonchev–Trinajstić information content (AvgIpc) is 3.55. The van der Waals surface area contributed by atoms with Gasteiger partial charge >= 0.3 is 0 Å². The van der Waals surface area contributed by atoms with Gasteiger partial charge < -0.3 is 39.3 Å². The first-order valence-electron chi connectivity index (χ1n) is 16.1. The van der Waals surface area contributed by atoms with Crippen LogP contribution >= 0.6 is 0 Å². The molecule has 1 saturated carbocycles. The van der Waals surface area contributed by atoms with Gasteiger partial charge in [-0.05, 0) is 94.9 Å². The molecule has 3 fully saturated rings. The number of hydrogen-bond acceptors (Lipinski definition) is 8. The topological polar surface area (TPSA) is 94.9 Å². The van der Waals surface area contributed by atoms with Crippen LogP contribution in [0.4, 0.5) is 0 Å². The van der Waals surface area contributed by atoms with Gasteiger partial charge in [-0.2, -0.15) is 0 Å². The maximum atomic E-state index is 10.6. The van der Waals surface area contributed by atoms with Gasteiger partial charge in [0.25, 0.3) is 0 Å². The highest BCUT2D eigenvalue weighted by molar-refractivity contribution is 5.63. The van der Waals surface area contributed by atoms with Gasteiger partial charge in [-0.1, -0.05) is 24.3 Å². The molecule has 0 unspecified atom stereocenters. The van der Waals surface area contributed by atoms with Crippen LogP contribution in [0.1, 0.15) is 47.9 Å². The second-order valence-electron chi connectivity index (χ2n) is 14.4. The third kappa shape index (κ3) is 3.16. The van der Waals surface area contributed by atoms with Crippen molar-refractivity contribution in [1.29, 1.82) is 0 Å². The van der Waals surface area contributed by atoms with Crippen molar-refractivity contribution in [3.63, 3.8) is 0 Å². The molecule has 43 heavy (non-hydrogen) atoms. The highest BCUT2D eigenvalue weighted by atomic mass is 16.5. The summed E-state index contributed by atoms with van der Waals surface area (Å²) in [5.74, 6) is 3.53. The molecule has 2 aromatic carbocycles. The number of benzene rings is 2. The molecule has 8 aliphatic rings. The summed E-state index contributed by atoms with van der Waals surface area (Å²) in [6, 6.07) is 9.06. The lowest BCUT2D eigenvalue weighted by Gasteiger charge is -2.58. The zero-order valence-electron chi connectivity index (χ0n) is 25.2. The van der Waals surface area contributed by atoms with E-state index in [-0.39, 0.29) is 28.8 Å². The van der Waals surface area contributed by atoms with Crippen molar-refractivity contribution in [2.75, 3.05) is 34.3 Å². The summed E-state index contributed by atoms with van der Waals surface area (Å²) in [6.07, 6.45) is 8.88. The molecule has 8 heteroatoms. The number of likely N-dealkylation sites (N-methyl/N-ethyl adjacent to an activating group) is 2. The molecule has 8 nitrogen and oxygen atoms in total. The van der Waals surface area contributed by atoms with Crippen molar-refractivity contribution in [3.05, 3.63) is 58.7 Å². The molecule has 4 aliphatic carbocycles. The normalized spacial score (nSPS) is 42.2. The number of aliphatic hydroxyl groups excluding tert-OH is 2. The zero-order chi connectivity index (χ0) is 29.4. The maximum Gasteiger partial charge on any atom is 0.165 e. The van der Waals surface area contributed by atoms with E-state index in [0.717, 1.165) is 63.1 Å². The average molecular weight is 587 g/mol. The van der Waals surface area contributed by atoms with E-state index in [1.807, 2.05) is 12.1 Å². The molecule has 228 valence electrons. The number of likely N-dealkylation sites (tertiary alicyclic amines) is 2. The first-order chi connectivity index (χ1) is 20.8. The molecule has 10 atom stereocenters. The summed E-state index contributed by atoms with van der Waals surface area (Å²) >= 11 is 0. The van der Waals surface area contributed by atoms with Gasteiger partial charge in [0.05, 0.1) is 13.2 Å². The van der Waals surface area contributed by atoms with Crippen LogP contribution in [0.3, 0.4) is 0 Å². The smallest absolute Gasteiger partial charge is 0.165 e. The number of hydrogen-bond donors (Lipinski definition) is 3. The van der Waals surface area contributed by atoms with Crippen LogP contribution in [0.25, 0.3) is 0 Å². The number of phenolic OH excluding ortho intramolecular Hbond substituents is 1. The standard InChI is InChI=1S/C18H21NO3.C17H21NO3/c1-19-8-7-18-11-4-5-13(20)17(18)22-16-14(21-2)6-3-10(15(16)18)9-12(11)19;1-18-7-6-17-10-3-5-13(20)16(17)21-15-12(19)4-2-9(14(15)17)8-11(10)18/h3-6,11-13,17,20H,7-9H2,1-2H3;2,4,10-11,13,16,19-20H,3,5-8H2,1H3/t11-,12+,13-,17-,18-;10-,11+,13-,16-,17-/m00/s1. The first kappa shape index (κ1) is 26.6. The molecule has 10 rings (SSSR count). The van der Waals surface area contributed by atoms with Crippen molar-refractivity contribution in [3.8, 4) is 23.0 Å². The molecule has 0 aromatic heterocycles. The number of methoxy groups -OCH3 is 1. The molecular weight excluding hydrogens is 544 g/mol. The Balaban J connectivity index is 0.000000121. The van der Waals surface area contributed by atoms with Gasteiger partial charge in [0, 0.05) is 40.0 Å². The van der Waals surface area contributed by atoms with Crippen LogP contribution in [0.15, 0.2) is 36.4 Å². The van der Waals surface area contributed by atoms with Crippen molar-refractivity contribution in [2.24, 2.45) is 11.8 Å². The second-order valence-corrected chi connectivity index (χ2v) is 14.4.